The third kappa shape index (κ3) is 9.14. The largest absolute Gasteiger partial charge is 0.494 e. The Kier molecular flexibility index (Phi) is 12.5. The van der Waals surface area contributed by atoms with E-state index >= 15 is 0 Å². The van der Waals surface area contributed by atoms with Crippen LogP contribution < -0.4 is 29.6 Å². The number of benzene rings is 3. The summed E-state index contributed by atoms with van der Waals surface area (Å²) in [7, 11) is 0. The number of nitrogens with zero attached hydrogens (tertiary/aromatic N) is 3. The van der Waals surface area contributed by atoms with Crippen LogP contribution in [0.2, 0.25) is 0 Å². The number of amides is 2. The third-order valence-corrected chi connectivity index (χ3v) is 7.60. The van der Waals surface area contributed by atoms with Gasteiger partial charge in [-0.15, -0.1) is 10.2 Å². The lowest BCUT2D eigenvalue weighted by Crippen LogP contribution is -2.25. The summed E-state index contributed by atoms with van der Waals surface area (Å²) in [6, 6.07) is 18.1. The van der Waals surface area contributed by atoms with Gasteiger partial charge in [0.1, 0.15) is 5.75 Å². The van der Waals surface area contributed by atoms with Crippen LogP contribution in [0.5, 0.6) is 23.0 Å². The predicted octanol–water partition coefficient (Wildman–Crippen LogP) is 6.29. The van der Waals surface area contributed by atoms with Gasteiger partial charge < -0.3 is 29.6 Å². The Morgan fingerprint density at radius 3 is 2.04 bits per heavy atom. The van der Waals surface area contributed by atoms with Crippen molar-refractivity contribution in [1.82, 2.24) is 20.1 Å². The molecule has 0 aliphatic rings. The van der Waals surface area contributed by atoms with Gasteiger partial charge in [-0.1, -0.05) is 27.7 Å². The maximum atomic E-state index is 13.4. The zero-order valence-electron chi connectivity index (χ0n) is 25.6. The predicted molar refractivity (Wildman–Crippen MR) is 177 cm³/mol. The van der Waals surface area contributed by atoms with Gasteiger partial charge in [0.15, 0.2) is 22.5 Å². The van der Waals surface area contributed by atoms with E-state index in [2.05, 4.69) is 36.8 Å². The minimum Gasteiger partial charge on any atom is -0.494 e. The second-order valence-corrected chi connectivity index (χ2v) is 11.1. The average molecular weight is 699 g/mol. The van der Waals surface area contributed by atoms with Gasteiger partial charge in [0.05, 0.1) is 38.7 Å². The highest BCUT2D eigenvalue weighted by Gasteiger charge is 2.21. The summed E-state index contributed by atoms with van der Waals surface area (Å²) >= 11 is 4.71. The fourth-order valence-electron chi connectivity index (χ4n) is 4.27. The summed E-state index contributed by atoms with van der Waals surface area (Å²) in [5.41, 5.74) is 1.79. The molecule has 0 fully saturated rings. The smallest absolute Gasteiger partial charge is 0.251 e. The van der Waals surface area contributed by atoms with E-state index in [-0.39, 0.29) is 24.1 Å². The first-order valence-corrected chi connectivity index (χ1v) is 16.3. The van der Waals surface area contributed by atoms with Gasteiger partial charge in [-0.3, -0.25) is 14.2 Å². The van der Waals surface area contributed by atoms with E-state index in [0.29, 0.717) is 65.9 Å². The highest BCUT2D eigenvalue weighted by Crippen LogP contribution is 2.39. The van der Waals surface area contributed by atoms with Crippen LogP contribution in [0.4, 0.5) is 5.69 Å². The third-order valence-electron chi connectivity index (χ3n) is 6.15. The first-order chi connectivity index (χ1) is 21.9. The Hall–Kier alpha value is -4.23. The van der Waals surface area contributed by atoms with E-state index in [1.54, 1.807) is 36.4 Å². The van der Waals surface area contributed by atoms with Crippen LogP contribution in [-0.2, 0) is 11.3 Å². The molecule has 2 N–H and O–H groups in total. The van der Waals surface area contributed by atoms with Crippen LogP contribution in [0.25, 0.3) is 5.69 Å². The number of halogens is 1. The van der Waals surface area contributed by atoms with Gasteiger partial charge in [0, 0.05) is 21.4 Å². The van der Waals surface area contributed by atoms with Gasteiger partial charge in [-0.2, -0.15) is 0 Å². The van der Waals surface area contributed by atoms with Gasteiger partial charge in [0.2, 0.25) is 11.7 Å². The first-order valence-electron chi connectivity index (χ1n) is 14.6. The van der Waals surface area contributed by atoms with Crippen LogP contribution in [0, 0.1) is 0 Å². The molecular weight excluding hydrogens is 662 g/mol. The average Bonchev–Trinajstić information content (AvgIpc) is 3.44. The summed E-state index contributed by atoms with van der Waals surface area (Å²) in [5.74, 6) is 2.08. The molecule has 2 amide bonds. The van der Waals surface area contributed by atoms with Gasteiger partial charge in [-0.05, 0) is 88.4 Å². The van der Waals surface area contributed by atoms with Gasteiger partial charge in [0.25, 0.3) is 5.91 Å². The molecular formula is C32H36BrN5O6S. The molecule has 0 saturated carbocycles. The van der Waals surface area contributed by atoms with Crippen molar-refractivity contribution in [2.75, 3.05) is 37.5 Å². The molecule has 0 atom stereocenters. The zero-order valence-corrected chi connectivity index (χ0v) is 28.0. The second kappa shape index (κ2) is 16.7. The molecule has 0 unspecified atom stereocenters. The molecule has 238 valence electrons. The van der Waals surface area contributed by atoms with Crippen LogP contribution in [-0.4, -0.2) is 58.8 Å². The Morgan fingerprint density at radius 2 is 1.44 bits per heavy atom. The van der Waals surface area contributed by atoms with E-state index in [1.807, 2.05) is 56.5 Å². The molecule has 0 spiro atoms. The molecule has 45 heavy (non-hydrogen) atoms. The lowest BCUT2D eigenvalue weighted by atomic mass is 10.1. The van der Waals surface area contributed by atoms with Gasteiger partial charge in [-0.25, -0.2) is 0 Å². The van der Waals surface area contributed by atoms with Crippen LogP contribution in [0.3, 0.4) is 0 Å². The van der Waals surface area contributed by atoms with Crippen LogP contribution in [0.15, 0.2) is 70.3 Å². The van der Waals surface area contributed by atoms with Crippen LogP contribution in [0.1, 0.15) is 43.9 Å². The molecule has 0 radical (unpaired) electrons. The summed E-state index contributed by atoms with van der Waals surface area (Å²) in [5, 5.41) is 15.0. The topological polar surface area (TPSA) is 126 Å². The summed E-state index contributed by atoms with van der Waals surface area (Å²) in [6.07, 6.45) is 0. The maximum absolute atomic E-state index is 13.4. The molecule has 0 saturated heterocycles. The molecule has 11 nitrogen and oxygen atoms in total. The van der Waals surface area contributed by atoms with Crippen molar-refractivity contribution in [3.8, 4) is 28.7 Å². The minimum atomic E-state index is -0.353. The van der Waals surface area contributed by atoms with Crippen molar-refractivity contribution in [2.45, 2.75) is 39.4 Å². The van der Waals surface area contributed by atoms with Crippen molar-refractivity contribution in [2.24, 2.45) is 0 Å². The number of ether oxygens (including phenoxy) is 4. The highest BCUT2D eigenvalue weighted by molar-refractivity contribution is 9.10. The summed E-state index contributed by atoms with van der Waals surface area (Å²) in [6.45, 7) is 9.35. The Bertz CT molecular complexity index is 1550. The van der Waals surface area contributed by atoms with Crippen molar-refractivity contribution in [3.05, 3.63) is 76.5 Å². The van der Waals surface area contributed by atoms with Crippen LogP contribution >= 0.6 is 27.7 Å². The van der Waals surface area contributed by atoms with E-state index < -0.39 is 0 Å². The Labute approximate surface area is 275 Å². The normalized spacial score (nSPS) is 10.7. The van der Waals surface area contributed by atoms with E-state index in [0.717, 1.165) is 15.9 Å². The lowest BCUT2D eigenvalue weighted by Gasteiger charge is -2.17. The fourth-order valence-corrected chi connectivity index (χ4v) is 5.30. The first kappa shape index (κ1) is 33.7. The molecule has 4 rings (SSSR count). The van der Waals surface area contributed by atoms with Crippen molar-refractivity contribution in [1.29, 1.82) is 0 Å². The van der Waals surface area contributed by atoms with Crippen molar-refractivity contribution >= 4 is 45.2 Å². The molecule has 13 heteroatoms. The Balaban J connectivity index is 1.51. The SMILES string of the molecule is CCOc1ccc(NC(=O)CSc2nnc(CNC(=O)c3cc(OCC)c(OCC)c(OCC)c3)n2-c2ccc(Br)cc2)cc1. The van der Waals surface area contributed by atoms with E-state index in [4.69, 9.17) is 18.9 Å². The molecule has 0 bridgehead atoms. The zero-order chi connectivity index (χ0) is 32.2. The lowest BCUT2D eigenvalue weighted by molar-refractivity contribution is -0.113. The summed E-state index contributed by atoms with van der Waals surface area (Å²) in [4.78, 5) is 26.1. The van der Waals surface area contributed by atoms with E-state index in [1.165, 1.54) is 11.8 Å². The number of carbonyl (C=O) groups is 2. The molecule has 3 aromatic carbocycles. The number of hydrogen-bond donors (Lipinski definition) is 2. The monoisotopic (exact) mass is 697 g/mol. The number of hydrogen-bond acceptors (Lipinski definition) is 9. The quantitative estimate of drug-likeness (QED) is 0.130. The van der Waals surface area contributed by atoms with Crippen molar-refractivity contribution in [3.63, 3.8) is 0 Å². The number of carbonyl (C=O) groups excluding carboxylic acids is 2. The number of aromatic nitrogens is 3. The second-order valence-electron chi connectivity index (χ2n) is 9.29. The number of rotatable bonds is 16. The maximum Gasteiger partial charge on any atom is 0.251 e. The molecule has 1 heterocycles. The Morgan fingerprint density at radius 1 is 0.822 bits per heavy atom. The molecule has 0 aliphatic carbocycles. The molecule has 1 aromatic heterocycles. The standard InChI is InChI=1S/C32H36BrN5O6S/c1-5-41-25-15-11-23(12-16-25)35-29(39)20-45-32-37-36-28(38(32)24-13-9-22(33)10-14-24)19-34-31(40)21-17-26(42-6-2)30(44-8-4)27(18-21)43-7-3/h9-18H,5-8,19-20H2,1-4H3,(H,34,40)(H,35,39). The summed E-state index contributed by atoms with van der Waals surface area (Å²) < 4.78 is 25.5. The molecule has 0 aliphatic heterocycles. The number of nitrogens with one attached hydrogen (secondary N) is 2. The fraction of sp³-hybridized carbons (Fsp3) is 0.312. The minimum absolute atomic E-state index is 0.0714. The number of anilines is 1. The molecule has 4 aromatic rings. The van der Waals surface area contributed by atoms with E-state index in [9.17, 15) is 9.59 Å². The van der Waals surface area contributed by atoms with Crippen molar-refractivity contribution < 1.29 is 28.5 Å². The number of thioether (sulfide) groups is 1. The highest BCUT2D eigenvalue weighted by atomic mass is 79.9. The van der Waals surface area contributed by atoms with Gasteiger partial charge >= 0.3 is 0 Å².